The summed E-state index contributed by atoms with van der Waals surface area (Å²) in [7, 11) is 0. The number of benzene rings is 1. The predicted molar refractivity (Wildman–Crippen MR) is 127 cm³/mol. The smallest absolute Gasteiger partial charge is 0.307 e. The molecule has 0 amide bonds. The molecule has 0 spiro atoms. The Morgan fingerprint density at radius 3 is 2.72 bits per heavy atom. The van der Waals surface area contributed by atoms with E-state index >= 15 is 0 Å². The number of carbonyl (C=O) groups is 1. The standard InChI is InChI=1S/C25H36N4O3/c1-6-32-24(31)13-18(5)29-11-7-8-20(15-29)26-23-12-17(4)25(28-27-23)21-10-9-19(16(2)3)14-22(21)30/h9-10,12,14,16,18,20,30H,6-8,11,13,15H2,1-5H3,(H,26,27)/t18?,20-/m1/s1. The van der Waals surface area contributed by atoms with Gasteiger partial charge in [0.05, 0.1) is 18.7 Å². The van der Waals surface area contributed by atoms with Gasteiger partial charge < -0.3 is 15.2 Å². The number of hydrogen-bond donors (Lipinski definition) is 2. The van der Waals surface area contributed by atoms with Gasteiger partial charge in [0.25, 0.3) is 0 Å². The van der Waals surface area contributed by atoms with Crippen molar-refractivity contribution in [3.63, 3.8) is 0 Å². The molecule has 2 N–H and O–H groups in total. The molecule has 1 aliphatic rings. The Balaban J connectivity index is 1.66. The zero-order chi connectivity index (χ0) is 23.3. The van der Waals surface area contributed by atoms with E-state index in [1.165, 1.54) is 0 Å². The van der Waals surface area contributed by atoms with Crippen LogP contribution in [-0.4, -0.2) is 58.0 Å². The average molecular weight is 441 g/mol. The van der Waals surface area contributed by atoms with Gasteiger partial charge in [-0.1, -0.05) is 19.9 Å². The lowest BCUT2D eigenvalue weighted by Gasteiger charge is -2.37. The molecule has 174 valence electrons. The number of aromatic nitrogens is 2. The lowest BCUT2D eigenvalue weighted by molar-refractivity contribution is -0.144. The number of esters is 1. The molecule has 1 unspecified atom stereocenters. The molecule has 1 aromatic heterocycles. The first kappa shape index (κ1) is 24.0. The summed E-state index contributed by atoms with van der Waals surface area (Å²) >= 11 is 0. The molecular weight excluding hydrogens is 404 g/mol. The molecule has 0 bridgehead atoms. The van der Waals surface area contributed by atoms with Crippen LogP contribution in [0.25, 0.3) is 11.3 Å². The van der Waals surface area contributed by atoms with Crippen molar-refractivity contribution in [2.24, 2.45) is 0 Å². The van der Waals surface area contributed by atoms with E-state index in [1.807, 2.05) is 32.0 Å². The summed E-state index contributed by atoms with van der Waals surface area (Å²) in [5, 5.41) is 22.8. The number of anilines is 1. The van der Waals surface area contributed by atoms with E-state index in [0.717, 1.165) is 42.9 Å². The predicted octanol–water partition coefficient (Wildman–Crippen LogP) is 4.50. The Bertz CT molecular complexity index is 931. The minimum Gasteiger partial charge on any atom is -0.507 e. The fourth-order valence-corrected chi connectivity index (χ4v) is 4.25. The van der Waals surface area contributed by atoms with Crippen LogP contribution in [-0.2, 0) is 9.53 Å². The molecule has 1 saturated heterocycles. The molecule has 7 nitrogen and oxygen atoms in total. The lowest BCUT2D eigenvalue weighted by atomic mass is 9.98. The zero-order valence-electron chi connectivity index (χ0n) is 19.9. The normalized spacial score (nSPS) is 17.9. The number of carbonyl (C=O) groups excluding carboxylic acids is 1. The molecule has 32 heavy (non-hydrogen) atoms. The van der Waals surface area contributed by atoms with Crippen LogP contribution in [0, 0.1) is 6.92 Å². The number of phenols is 1. The Hall–Kier alpha value is -2.67. The van der Waals surface area contributed by atoms with Crippen LogP contribution in [0.4, 0.5) is 5.82 Å². The third-order valence-corrected chi connectivity index (χ3v) is 6.12. The van der Waals surface area contributed by atoms with Gasteiger partial charge in [0, 0.05) is 24.2 Å². The molecule has 1 fully saturated rings. The number of piperidine rings is 1. The Morgan fingerprint density at radius 1 is 1.28 bits per heavy atom. The Labute approximate surface area is 191 Å². The maximum Gasteiger partial charge on any atom is 0.307 e. The molecule has 2 heterocycles. The van der Waals surface area contributed by atoms with Crippen molar-refractivity contribution >= 4 is 11.8 Å². The first-order chi connectivity index (χ1) is 15.3. The maximum absolute atomic E-state index is 11.8. The van der Waals surface area contributed by atoms with Crippen LogP contribution in [0.3, 0.4) is 0 Å². The fourth-order valence-electron chi connectivity index (χ4n) is 4.25. The van der Waals surface area contributed by atoms with Crippen LogP contribution >= 0.6 is 0 Å². The van der Waals surface area contributed by atoms with Gasteiger partial charge in [-0.2, -0.15) is 0 Å². The fraction of sp³-hybridized carbons (Fsp3) is 0.560. The zero-order valence-corrected chi connectivity index (χ0v) is 19.9. The van der Waals surface area contributed by atoms with Crippen molar-refractivity contribution in [1.82, 2.24) is 15.1 Å². The van der Waals surface area contributed by atoms with Crippen molar-refractivity contribution in [3.8, 4) is 17.0 Å². The van der Waals surface area contributed by atoms with Crippen molar-refractivity contribution in [2.45, 2.75) is 71.9 Å². The van der Waals surface area contributed by atoms with E-state index in [-0.39, 0.29) is 23.8 Å². The summed E-state index contributed by atoms with van der Waals surface area (Å²) in [5.41, 5.74) is 3.44. The van der Waals surface area contributed by atoms with Gasteiger partial charge in [0.15, 0.2) is 0 Å². The first-order valence-electron chi connectivity index (χ1n) is 11.6. The number of aryl methyl sites for hydroxylation is 1. The summed E-state index contributed by atoms with van der Waals surface area (Å²) in [4.78, 5) is 14.2. The highest BCUT2D eigenvalue weighted by molar-refractivity contribution is 5.71. The van der Waals surface area contributed by atoms with Gasteiger partial charge in [-0.25, -0.2) is 0 Å². The minimum atomic E-state index is -0.142. The topological polar surface area (TPSA) is 87.6 Å². The van der Waals surface area contributed by atoms with Crippen LogP contribution in [0.15, 0.2) is 24.3 Å². The van der Waals surface area contributed by atoms with E-state index in [0.29, 0.717) is 30.2 Å². The van der Waals surface area contributed by atoms with Gasteiger partial charge in [0.2, 0.25) is 0 Å². The highest BCUT2D eigenvalue weighted by Gasteiger charge is 2.25. The van der Waals surface area contributed by atoms with Crippen molar-refractivity contribution in [3.05, 3.63) is 35.4 Å². The van der Waals surface area contributed by atoms with Crippen molar-refractivity contribution in [1.29, 1.82) is 0 Å². The Morgan fingerprint density at radius 2 is 2.06 bits per heavy atom. The van der Waals surface area contributed by atoms with E-state index in [2.05, 4.69) is 41.2 Å². The van der Waals surface area contributed by atoms with Crippen LogP contribution in [0.1, 0.15) is 64.0 Å². The summed E-state index contributed by atoms with van der Waals surface area (Å²) in [5.74, 6) is 1.17. The van der Waals surface area contributed by atoms with E-state index in [1.54, 1.807) is 6.07 Å². The largest absolute Gasteiger partial charge is 0.507 e. The van der Waals surface area contributed by atoms with E-state index in [9.17, 15) is 9.90 Å². The number of phenolic OH excluding ortho intramolecular Hbond substituents is 1. The van der Waals surface area contributed by atoms with E-state index < -0.39 is 0 Å². The number of hydrogen-bond acceptors (Lipinski definition) is 7. The SMILES string of the molecule is CCOC(=O)CC(C)N1CCC[C@@H](Nc2cc(C)c(-c3ccc(C(C)C)cc3O)nn2)C1. The van der Waals surface area contributed by atoms with Crippen molar-refractivity contribution in [2.75, 3.05) is 25.0 Å². The number of nitrogens with one attached hydrogen (secondary N) is 1. The molecule has 2 atom stereocenters. The highest BCUT2D eigenvalue weighted by Crippen LogP contribution is 2.33. The second-order valence-electron chi connectivity index (χ2n) is 9.03. The third kappa shape index (κ3) is 5.97. The molecular formula is C25H36N4O3. The number of aromatic hydroxyl groups is 1. The lowest BCUT2D eigenvalue weighted by Crippen LogP contribution is -2.47. The average Bonchev–Trinajstić information content (AvgIpc) is 2.74. The van der Waals surface area contributed by atoms with Gasteiger partial charge in [-0.05, 0) is 75.4 Å². The monoisotopic (exact) mass is 440 g/mol. The summed E-state index contributed by atoms with van der Waals surface area (Å²) < 4.78 is 5.10. The molecule has 2 aromatic rings. The van der Waals surface area contributed by atoms with Crippen LogP contribution < -0.4 is 5.32 Å². The molecule has 0 aliphatic carbocycles. The molecule has 0 radical (unpaired) electrons. The number of ether oxygens (including phenoxy) is 1. The second-order valence-corrected chi connectivity index (χ2v) is 9.03. The van der Waals surface area contributed by atoms with Crippen LogP contribution in [0.5, 0.6) is 5.75 Å². The third-order valence-electron chi connectivity index (χ3n) is 6.12. The molecule has 0 saturated carbocycles. The van der Waals surface area contributed by atoms with Gasteiger partial charge in [-0.3, -0.25) is 9.69 Å². The highest BCUT2D eigenvalue weighted by atomic mass is 16.5. The quantitative estimate of drug-likeness (QED) is 0.584. The summed E-state index contributed by atoms with van der Waals surface area (Å²) in [6.07, 6.45) is 2.52. The molecule has 1 aromatic carbocycles. The number of rotatable bonds is 8. The number of likely N-dealkylation sites (tertiary alicyclic amines) is 1. The molecule has 3 rings (SSSR count). The van der Waals surface area contributed by atoms with Crippen molar-refractivity contribution < 1.29 is 14.6 Å². The molecule has 1 aliphatic heterocycles. The minimum absolute atomic E-state index is 0.142. The summed E-state index contributed by atoms with van der Waals surface area (Å²) in [6.45, 7) is 12.3. The number of nitrogens with zero attached hydrogens (tertiary/aromatic N) is 3. The van der Waals surface area contributed by atoms with Crippen LogP contribution in [0.2, 0.25) is 0 Å². The molecule has 7 heteroatoms. The van der Waals surface area contributed by atoms with Gasteiger partial charge >= 0.3 is 5.97 Å². The summed E-state index contributed by atoms with van der Waals surface area (Å²) in [6, 6.07) is 8.12. The van der Waals surface area contributed by atoms with E-state index in [4.69, 9.17) is 4.74 Å². The van der Waals surface area contributed by atoms with Gasteiger partial charge in [0.1, 0.15) is 11.6 Å². The first-order valence-corrected chi connectivity index (χ1v) is 11.6. The van der Waals surface area contributed by atoms with Gasteiger partial charge in [-0.15, -0.1) is 10.2 Å². The maximum atomic E-state index is 11.8. The Kier molecular flexibility index (Phi) is 8.07. The second kappa shape index (κ2) is 10.8.